The lowest BCUT2D eigenvalue weighted by atomic mass is 10.00. The minimum atomic E-state index is 0.351. The fraction of sp³-hybridized carbons (Fsp3) is 0.600. The number of hydrogen-bond acceptors (Lipinski definition) is 4. The molecule has 1 saturated heterocycles. The molecular formula is C10H16N4. The van der Waals surface area contributed by atoms with E-state index in [1.54, 1.807) is 0 Å². The van der Waals surface area contributed by atoms with Gasteiger partial charge in [0.25, 0.3) is 0 Å². The molecule has 4 nitrogen and oxygen atoms in total. The van der Waals surface area contributed by atoms with E-state index in [-0.39, 0.29) is 0 Å². The summed E-state index contributed by atoms with van der Waals surface area (Å²) in [4.78, 5) is 10.4. The Morgan fingerprint density at radius 2 is 2.21 bits per heavy atom. The van der Waals surface area contributed by atoms with Crippen LogP contribution in [0.1, 0.15) is 25.3 Å². The molecule has 0 spiro atoms. The number of rotatable bonds is 3. The van der Waals surface area contributed by atoms with Gasteiger partial charge in [-0.15, -0.1) is 0 Å². The molecular weight excluding hydrogens is 176 g/mol. The zero-order chi connectivity index (χ0) is 9.97. The van der Waals surface area contributed by atoms with E-state index in [0.717, 1.165) is 18.2 Å². The molecule has 0 aliphatic carbocycles. The number of nitrogens with zero attached hydrogens (tertiary/aromatic N) is 3. The summed E-state index contributed by atoms with van der Waals surface area (Å²) >= 11 is 0. The van der Waals surface area contributed by atoms with Gasteiger partial charge in [0.2, 0.25) is 5.95 Å². The van der Waals surface area contributed by atoms with E-state index < -0.39 is 0 Å². The molecule has 1 atom stereocenters. The van der Waals surface area contributed by atoms with Crippen molar-refractivity contribution in [2.75, 3.05) is 12.3 Å². The molecule has 0 radical (unpaired) electrons. The first-order chi connectivity index (χ1) is 6.79. The van der Waals surface area contributed by atoms with Crippen molar-refractivity contribution in [1.29, 1.82) is 0 Å². The molecule has 1 aliphatic heterocycles. The Hall–Kier alpha value is -1.16. The zero-order valence-corrected chi connectivity index (χ0v) is 8.48. The molecule has 2 N–H and O–H groups in total. The molecule has 14 heavy (non-hydrogen) atoms. The fourth-order valence-electron chi connectivity index (χ4n) is 1.85. The van der Waals surface area contributed by atoms with Gasteiger partial charge in [0.1, 0.15) is 0 Å². The van der Waals surface area contributed by atoms with E-state index in [2.05, 4.69) is 21.8 Å². The van der Waals surface area contributed by atoms with Crippen LogP contribution < -0.4 is 5.73 Å². The predicted molar refractivity (Wildman–Crippen MR) is 55.6 cm³/mol. The predicted octanol–water partition coefficient (Wildman–Crippen LogP) is 1.04. The number of anilines is 1. The van der Waals surface area contributed by atoms with Crippen molar-refractivity contribution in [3.63, 3.8) is 0 Å². The molecule has 2 heterocycles. The fourth-order valence-corrected chi connectivity index (χ4v) is 1.85. The van der Waals surface area contributed by atoms with Crippen molar-refractivity contribution in [3.05, 3.63) is 18.0 Å². The molecule has 0 aromatic carbocycles. The third-order valence-electron chi connectivity index (χ3n) is 2.85. The molecule has 1 aliphatic rings. The Morgan fingerprint density at radius 1 is 1.50 bits per heavy atom. The molecule has 0 bridgehead atoms. The monoisotopic (exact) mass is 192 g/mol. The van der Waals surface area contributed by atoms with Gasteiger partial charge in [-0.1, -0.05) is 6.92 Å². The molecule has 2 rings (SSSR count). The average Bonchev–Trinajstić information content (AvgIpc) is 2.16. The summed E-state index contributed by atoms with van der Waals surface area (Å²) in [5.74, 6) is 0.351. The lowest BCUT2D eigenvalue weighted by molar-refractivity contribution is 0.0789. The van der Waals surface area contributed by atoms with Gasteiger partial charge in [-0.05, 0) is 12.8 Å². The molecule has 4 heteroatoms. The summed E-state index contributed by atoms with van der Waals surface area (Å²) in [6, 6.07) is 0.757. The number of nitrogens with two attached hydrogens (primary N) is 1. The molecule has 76 valence electrons. The van der Waals surface area contributed by atoms with Gasteiger partial charge in [0.15, 0.2) is 0 Å². The highest BCUT2D eigenvalue weighted by atomic mass is 15.2. The van der Waals surface area contributed by atoms with E-state index in [1.807, 2.05) is 12.4 Å². The first-order valence-electron chi connectivity index (χ1n) is 5.10. The largest absolute Gasteiger partial charge is 0.368 e. The molecule has 1 aromatic rings. The maximum absolute atomic E-state index is 5.42. The Bertz CT molecular complexity index is 293. The minimum absolute atomic E-state index is 0.351. The first-order valence-corrected chi connectivity index (χ1v) is 5.10. The van der Waals surface area contributed by atoms with Crippen molar-refractivity contribution < 1.29 is 0 Å². The normalized spacial score (nSPS) is 21.9. The zero-order valence-electron chi connectivity index (χ0n) is 8.48. The summed E-state index contributed by atoms with van der Waals surface area (Å²) in [5.41, 5.74) is 6.57. The Morgan fingerprint density at radius 3 is 2.71 bits per heavy atom. The van der Waals surface area contributed by atoms with Crippen LogP contribution in [0.4, 0.5) is 5.95 Å². The number of nitrogen functional groups attached to an aromatic ring is 1. The van der Waals surface area contributed by atoms with E-state index in [4.69, 9.17) is 5.73 Å². The van der Waals surface area contributed by atoms with Crippen LogP contribution in [0.5, 0.6) is 0 Å². The van der Waals surface area contributed by atoms with E-state index in [0.29, 0.717) is 5.95 Å². The lowest BCUT2D eigenvalue weighted by Gasteiger charge is -2.40. The van der Waals surface area contributed by atoms with Crippen molar-refractivity contribution >= 4 is 5.95 Å². The quantitative estimate of drug-likeness (QED) is 0.777. The van der Waals surface area contributed by atoms with E-state index >= 15 is 0 Å². The van der Waals surface area contributed by atoms with Crippen LogP contribution in [-0.2, 0) is 6.54 Å². The number of aromatic nitrogens is 2. The summed E-state index contributed by atoms with van der Waals surface area (Å²) in [6.07, 6.45) is 6.18. The second-order valence-electron chi connectivity index (χ2n) is 3.77. The SMILES string of the molecule is CCC1CCN1Cc1cnc(N)nc1. The summed E-state index contributed by atoms with van der Waals surface area (Å²) in [5, 5.41) is 0. The Balaban J connectivity index is 1.94. The summed E-state index contributed by atoms with van der Waals surface area (Å²) in [6.45, 7) is 4.39. The summed E-state index contributed by atoms with van der Waals surface area (Å²) < 4.78 is 0. The maximum atomic E-state index is 5.42. The van der Waals surface area contributed by atoms with Gasteiger partial charge >= 0.3 is 0 Å². The second-order valence-corrected chi connectivity index (χ2v) is 3.77. The first kappa shape index (κ1) is 9.40. The highest BCUT2D eigenvalue weighted by Crippen LogP contribution is 2.22. The standard InChI is InChI=1S/C10H16N4/c1-2-9-3-4-14(9)7-8-5-12-10(11)13-6-8/h5-6,9H,2-4,7H2,1H3,(H2,11,12,13). The third-order valence-corrected chi connectivity index (χ3v) is 2.85. The van der Waals surface area contributed by atoms with Crippen molar-refractivity contribution in [2.45, 2.75) is 32.4 Å². The van der Waals surface area contributed by atoms with Crippen LogP contribution in [0, 0.1) is 0 Å². The maximum Gasteiger partial charge on any atom is 0.219 e. The number of hydrogen-bond donors (Lipinski definition) is 1. The Kier molecular flexibility index (Phi) is 2.63. The lowest BCUT2D eigenvalue weighted by Crippen LogP contribution is -2.46. The van der Waals surface area contributed by atoms with Crippen molar-refractivity contribution in [3.8, 4) is 0 Å². The van der Waals surface area contributed by atoms with Crippen LogP contribution in [0.2, 0.25) is 0 Å². The summed E-state index contributed by atoms with van der Waals surface area (Å²) in [7, 11) is 0. The van der Waals surface area contributed by atoms with Gasteiger partial charge in [-0.2, -0.15) is 0 Å². The van der Waals surface area contributed by atoms with E-state index in [1.165, 1.54) is 19.4 Å². The molecule has 1 aromatic heterocycles. The van der Waals surface area contributed by atoms with Crippen LogP contribution >= 0.6 is 0 Å². The van der Waals surface area contributed by atoms with Gasteiger partial charge in [0.05, 0.1) is 0 Å². The highest BCUT2D eigenvalue weighted by molar-refractivity contribution is 5.17. The van der Waals surface area contributed by atoms with Crippen LogP contribution in [0.3, 0.4) is 0 Å². The average molecular weight is 192 g/mol. The highest BCUT2D eigenvalue weighted by Gasteiger charge is 2.25. The third kappa shape index (κ3) is 1.85. The molecule has 0 saturated carbocycles. The van der Waals surface area contributed by atoms with Crippen LogP contribution in [0.15, 0.2) is 12.4 Å². The minimum Gasteiger partial charge on any atom is -0.368 e. The second kappa shape index (κ2) is 3.92. The van der Waals surface area contributed by atoms with Crippen molar-refractivity contribution in [2.24, 2.45) is 0 Å². The van der Waals surface area contributed by atoms with Gasteiger partial charge in [-0.25, -0.2) is 9.97 Å². The molecule has 0 amide bonds. The Labute approximate surface area is 84.2 Å². The van der Waals surface area contributed by atoms with Crippen LogP contribution in [-0.4, -0.2) is 27.5 Å². The van der Waals surface area contributed by atoms with Crippen molar-refractivity contribution in [1.82, 2.24) is 14.9 Å². The smallest absolute Gasteiger partial charge is 0.219 e. The van der Waals surface area contributed by atoms with Gasteiger partial charge in [-0.3, -0.25) is 4.90 Å². The van der Waals surface area contributed by atoms with E-state index in [9.17, 15) is 0 Å². The van der Waals surface area contributed by atoms with Crippen LogP contribution in [0.25, 0.3) is 0 Å². The van der Waals surface area contributed by atoms with Gasteiger partial charge < -0.3 is 5.73 Å². The molecule has 1 unspecified atom stereocenters. The topological polar surface area (TPSA) is 55.0 Å². The molecule has 1 fully saturated rings. The van der Waals surface area contributed by atoms with Gasteiger partial charge in [0, 0.05) is 37.1 Å². The number of likely N-dealkylation sites (tertiary alicyclic amines) is 1.